The summed E-state index contributed by atoms with van der Waals surface area (Å²) >= 11 is 11.9. The molecule has 0 aliphatic rings. The number of carbonyl (C=O) groups is 2. The van der Waals surface area contributed by atoms with E-state index in [1.54, 1.807) is 12.1 Å². The van der Waals surface area contributed by atoms with Crippen LogP contribution in [0.25, 0.3) is 0 Å². The molecule has 0 saturated heterocycles. The van der Waals surface area contributed by atoms with E-state index in [2.05, 4.69) is 5.32 Å². The molecule has 0 aliphatic heterocycles. The summed E-state index contributed by atoms with van der Waals surface area (Å²) < 4.78 is 0. The summed E-state index contributed by atoms with van der Waals surface area (Å²) in [5.74, 6) is -0.253. The second-order valence-electron chi connectivity index (χ2n) is 4.78. The van der Waals surface area contributed by atoms with Crippen molar-refractivity contribution in [3.8, 4) is 0 Å². The van der Waals surface area contributed by atoms with Crippen LogP contribution in [0.2, 0.25) is 10.0 Å². The van der Waals surface area contributed by atoms with Crippen LogP contribution in [0.15, 0.2) is 18.2 Å². The van der Waals surface area contributed by atoms with Gasteiger partial charge in [-0.3, -0.25) is 9.59 Å². The van der Waals surface area contributed by atoms with E-state index in [0.717, 1.165) is 12.0 Å². The molecule has 0 aliphatic carbocycles. The zero-order chi connectivity index (χ0) is 15.8. The monoisotopic (exact) mass is 330 g/mol. The third-order valence-corrected chi connectivity index (χ3v) is 3.59. The first-order chi connectivity index (χ1) is 9.93. The number of nitrogens with zero attached hydrogens (tertiary/aromatic N) is 1. The lowest BCUT2D eigenvalue weighted by Crippen LogP contribution is -2.40. The van der Waals surface area contributed by atoms with Crippen LogP contribution in [-0.4, -0.2) is 36.3 Å². The molecule has 6 heteroatoms. The lowest BCUT2D eigenvalue weighted by Gasteiger charge is -2.19. The predicted molar refractivity (Wildman–Crippen MR) is 85.7 cm³/mol. The molecule has 0 aromatic heterocycles. The minimum absolute atomic E-state index is 0.0901. The maximum atomic E-state index is 11.8. The summed E-state index contributed by atoms with van der Waals surface area (Å²) in [6.07, 6.45) is 1.45. The molecule has 4 nitrogen and oxygen atoms in total. The standard InChI is InChI=1S/C15H20Cl2N2O2/c1-3-8-19(11(2)20)10-15(21)18-7-6-12-4-5-13(16)9-14(12)17/h4-5,9H,3,6-8,10H2,1-2H3,(H,18,21). The normalized spacial score (nSPS) is 10.3. The van der Waals surface area contributed by atoms with Gasteiger partial charge in [0.1, 0.15) is 0 Å². The van der Waals surface area contributed by atoms with E-state index < -0.39 is 0 Å². The van der Waals surface area contributed by atoms with Crippen molar-refractivity contribution < 1.29 is 9.59 Å². The van der Waals surface area contributed by atoms with Crippen LogP contribution in [0, 0.1) is 0 Å². The van der Waals surface area contributed by atoms with Crippen molar-refractivity contribution in [2.75, 3.05) is 19.6 Å². The van der Waals surface area contributed by atoms with E-state index in [9.17, 15) is 9.59 Å². The molecule has 116 valence electrons. The molecule has 0 saturated carbocycles. The van der Waals surface area contributed by atoms with Crippen molar-refractivity contribution >= 4 is 35.0 Å². The van der Waals surface area contributed by atoms with Crippen LogP contribution < -0.4 is 5.32 Å². The molecular formula is C15H20Cl2N2O2. The van der Waals surface area contributed by atoms with Gasteiger partial charge in [-0.05, 0) is 30.5 Å². The Morgan fingerprint density at radius 1 is 1.29 bits per heavy atom. The average molecular weight is 331 g/mol. The minimum Gasteiger partial charge on any atom is -0.354 e. The van der Waals surface area contributed by atoms with Gasteiger partial charge in [-0.1, -0.05) is 36.2 Å². The fourth-order valence-electron chi connectivity index (χ4n) is 1.91. The second kappa shape index (κ2) is 8.90. The fourth-order valence-corrected chi connectivity index (χ4v) is 2.41. The van der Waals surface area contributed by atoms with Crippen LogP contribution in [0.1, 0.15) is 25.8 Å². The van der Waals surface area contributed by atoms with Crippen LogP contribution in [0.5, 0.6) is 0 Å². The Bertz CT molecular complexity index is 506. The highest BCUT2D eigenvalue weighted by molar-refractivity contribution is 6.35. The van der Waals surface area contributed by atoms with Crippen LogP contribution in [0.4, 0.5) is 0 Å². The molecule has 0 radical (unpaired) electrons. The van der Waals surface area contributed by atoms with Crippen molar-refractivity contribution in [1.82, 2.24) is 10.2 Å². The molecule has 1 aromatic carbocycles. The Morgan fingerprint density at radius 2 is 2.00 bits per heavy atom. The molecule has 0 bridgehead atoms. The average Bonchev–Trinajstić information content (AvgIpc) is 2.40. The number of hydrogen-bond donors (Lipinski definition) is 1. The van der Waals surface area contributed by atoms with E-state index >= 15 is 0 Å². The highest BCUT2D eigenvalue weighted by Gasteiger charge is 2.12. The summed E-state index contributed by atoms with van der Waals surface area (Å²) in [5, 5.41) is 3.97. The Balaban J connectivity index is 2.41. The fraction of sp³-hybridized carbons (Fsp3) is 0.467. The van der Waals surface area contributed by atoms with Gasteiger partial charge in [0.15, 0.2) is 0 Å². The number of rotatable bonds is 7. The molecule has 0 unspecified atom stereocenters. The lowest BCUT2D eigenvalue weighted by atomic mass is 10.1. The summed E-state index contributed by atoms with van der Waals surface area (Å²) in [5.41, 5.74) is 0.929. The van der Waals surface area contributed by atoms with Gasteiger partial charge in [-0.15, -0.1) is 0 Å². The lowest BCUT2D eigenvalue weighted by molar-refractivity contribution is -0.134. The summed E-state index contributed by atoms with van der Waals surface area (Å²) in [4.78, 5) is 24.7. The molecule has 2 amide bonds. The molecule has 0 heterocycles. The number of halogens is 2. The van der Waals surface area contributed by atoms with Gasteiger partial charge in [0.2, 0.25) is 11.8 Å². The highest BCUT2D eigenvalue weighted by Crippen LogP contribution is 2.20. The van der Waals surface area contributed by atoms with Gasteiger partial charge in [-0.25, -0.2) is 0 Å². The number of hydrogen-bond acceptors (Lipinski definition) is 2. The summed E-state index contributed by atoms with van der Waals surface area (Å²) in [7, 11) is 0. The van der Waals surface area contributed by atoms with Gasteiger partial charge in [-0.2, -0.15) is 0 Å². The number of carbonyl (C=O) groups excluding carboxylic acids is 2. The van der Waals surface area contributed by atoms with Crippen molar-refractivity contribution in [1.29, 1.82) is 0 Å². The van der Waals surface area contributed by atoms with Gasteiger partial charge < -0.3 is 10.2 Å². The first kappa shape index (κ1) is 17.8. The molecule has 1 rings (SSSR count). The summed E-state index contributed by atoms with van der Waals surface area (Å²) in [6, 6.07) is 5.29. The molecule has 0 spiro atoms. The Hall–Kier alpha value is -1.26. The largest absolute Gasteiger partial charge is 0.354 e. The van der Waals surface area contributed by atoms with Crippen molar-refractivity contribution in [3.05, 3.63) is 33.8 Å². The van der Waals surface area contributed by atoms with Crippen molar-refractivity contribution in [2.45, 2.75) is 26.7 Å². The van der Waals surface area contributed by atoms with Crippen LogP contribution >= 0.6 is 23.2 Å². The maximum Gasteiger partial charge on any atom is 0.239 e. The Kier molecular flexibility index (Phi) is 7.54. The van der Waals surface area contributed by atoms with Gasteiger partial charge in [0, 0.05) is 30.1 Å². The zero-order valence-electron chi connectivity index (χ0n) is 12.3. The van der Waals surface area contributed by atoms with E-state index in [4.69, 9.17) is 23.2 Å². The highest BCUT2D eigenvalue weighted by atomic mass is 35.5. The third kappa shape index (κ3) is 6.36. The zero-order valence-corrected chi connectivity index (χ0v) is 13.8. The SMILES string of the molecule is CCCN(CC(=O)NCCc1ccc(Cl)cc1Cl)C(C)=O. The molecular weight excluding hydrogens is 311 g/mol. The molecule has 0 atom stereocenters. The van der Waals surface area contributed by atoms with Crippen molar-refractivity contribution in [3.63, 3.8) is 0 Å². The van der Waals surface area contributed by atoms with E-state index in [0.29, 0.717) is 29.6 Å². The topological polar surface area (TPSA) is 49.4 Å². The second-order valence-corrected chi connectivity index (χ2v) is 5.62. The third-order valence-electron chi connectivity index (χ3n) is 3.00. The van der Waals surface area contributed by atoms with E-state index in [1.165, 1.54) is 11.8 Å². The van der Waals surface area contributed by atoms with Gasteiger partial charge in [0.05, 0.1) is 6.54 Å². The van der Waals surface area contributed by atoms with E-state index in [1.807, 2.05) is 13.0 Å². The van der Waals surface area contributed by atoms with Crippen LogP contribution in [0.3, 0.4) is 0 Å². The van der Waals surface area contributed by atoms with E-state index in [-0.39, 0.29) is 18.4 Å². The molecule has 21 heavy (non-hydrogen) atoms. The smallest absolute Gasteiger partial charge is 0.239 e. The Morgan fingerprint density at radius 3 is 2.57 bits per heavy atom. The number of amides is 2. The first-order valence-corrected chi connectivity index (χ1v) is 7.65. The number of nitrogens with one attached hydrogen (secondary N) is 1. The van der Waals surface area contributed by atoms with Crippen LogP contribution in [-0.2, 0) is 16.0 Å². The maximum absolute atomic E-state index is 11.8. The number of benzene rings is 1. The molecule has 1 N–H and O–H groups in total. The Labute approximate surface area is 135 Å². The minimum atomic E-state index is -0.163. The first-order valence-electron chi connectivity index (χ1n) is 6.90. The summed E-state index contributed by atoms with van der Waals surface area (Å²) in [6.45, 7) is 4.59. The molecule has 1 aromatic rings. The molecule has 0 fully saturated rings. The van der Waals surface area contributed by atoms with Gasteiger partial charge >= 0.3 is 0 Å². The quantitative estimate of drug-likeness (QED) is 0.835. The van der Waals surface area contributed by atoms with Gasteiger partial charge in [0.25, 0.3) is 0 Å². The van der Waals surface area contributed by atoms with Crippen molar-refractivity contribution in [2.24, 2.45) is 0 Å². The predicted octanol–water partition coefficient (Wildman–Crippen LogP) is 2.91.